The smallest absolute Gasteiger partial charge is 0.326 e. The molecule has 0 bridgehead atoms. The Bertz CT molecular complexity index is 703. The second kappa shape index (κ2) is 10.1. The Labute approximate surface area is 158 Å². The minimum absolute atomic E-state index is 0.105. The first-order chi connectivity index (χ1) is 12.5. The van der Waals surface area contributed by atoms with Gasteiger partial charge in [-0.05, 0) is 36.9 Å². The van der Waals surface area contributed by atoms with E-state index >= 15 is 0 Å². The maximum absolute atomic E-state index is 11.7. The highest BCUT2D eigenvalue weighted by atomic mass is 33.1. The number of benzene rings is 1. The van der Waals surface area contributed by atoms with Gasteiger partial charge in [0.15, 0.2) is 0 Å². The molecule has 0 saturated carbocycles. The van der Waals surface area contributed by atoms with Crippen LogP contribution in [0.25, 0.3) is 10.4 Å². The number of amides is 2. The van der Waals surface area contributed by atoms with Crippen LogP contribution in [0, 0.1) is 0 Å². The Kier molecular flexibility index (Phi) is 7.83. The average molecular weight is 394 g/mol. The van der Waals surface area contributed by atoms with Crippen LogP contribution >= 0.6 is 21.6 Å². The van der Waals surface area contributed by atoms with E-state index in [4.69, 9.17) is 5.53 Å². The molecular formula is C16H18N4O4S2. The lowest BCUT2D eigenvalue weighted by atomic mass is 10.1. The van der Waals surface area contributed by atoms with Crippen molar-refractivity contribution in [3.05, 3.63) is 34.7 Å². The molecule has 1 saturated heterocycles. The largest absolute Gasteiger partial charge is 0.480 e. The molecule has 1 heterocycles. The van der Waals surface area contributed by atoms with Crippen LogP contribution in [0.5, 0.6) is 0 Å². The second-order valence-corrected chi connectivity index (χ2v) is 8.09. The number of nitrogens with zero attached hydrogens (tertiary/aromatic N) is 4. The van der Waals surface area contributed by atoms with Crippen molar-refractivity contribution in [2.75, 3.05) is 5.75 Å². The van der Waals surface area contributed by atoms with Gasteiger partial charge >= 0.3 is 5.97 Å². The van der Waals surface area contributed by atoms with Crippen LogP contribution in [0.4, 0.5) is 5.69 Å². The first kappa shape index (κ1) is 20.2. The van der Waals surface area contributed by atoms with E-state index in [9.17, 15) is 19.5 Å². The summed E-state index contributed by atoms with van der Waals surface area (Å²) in [6.45, 7) is 0. The molecule has 26 heavy (non-hydrogen) atoms. The van der Waals surface area contributed by atoms with Gasteiger partial charge in [-0.1, -0.05) is 38.8 Å². The Morgan fingerprint density at radius 1 is 1.23 bits per heavy atom. The molecule has 138 valence electrons. The van der Waals surface area contributed by atoms with Gasteiger partial charge in [0.05, 0.1) is 0 Å². The number of carbonyl (C=O) groups excluding carboxylic acids is 2. The SMILES string of the molecule is [N-]=[N+]=Nc1ccc(SSCCCCC(C(=O)O)N2C(=O)CCC2=O)cc1. The summed E-state index contributed by atoms with van der Waals surface area (Å²) in [6.07, 6.45) is 1.89. The van der Waals surface area contributed by atoms with Crippen molar-refractivity contribution >= 4 is 45.1 Å². The Balaban J connectivity index is 1.70. The molecule has 2 amide bonds. The summed E-state index contributed by atoms with van der Waals surface area (Å²) in [7, 11) is 3.22. The summed E-state index contributed by atoms with van der Waals surface area (Å²) in [6, 6.07) is 6.16. The molecule has 8 nitrogen and oxygen atoms in total. The van der Waals surface area contributed by atoms with Crippen LogP contribution in [-0.2, 0) is 14.4 Å². The van der Waals surface area contributed by atoms with Crippen LogP contribution in [0.15, 0.2) is 34.3 Å². The third-order valence-corrected chi connectivity index (χ3v) is 6.26. The number of azide groups is 1. The molecule has 1 unspecified atom stereocenters. The van der Waals surface area contributed by atoms with Crippen LogP contribution < -0.4 is 0 Å². The van der Waals surface area contributed by atoms with Gasteiger partial charge in [0.25, 0.3) is 0 Å². The maximum Gasteiger partial charge on any atom is 0.326 e. The van der Waals surface area contributed by atoms with Crippen molar-refractivity contribution < 1.29 is 19.5 Å². The van der Waals surface area contributed by atoms with E-state index in [0.29, 0.717) is 12.1 Å². The third-order valence-electron chi connectivity index (χ3n) is 3.79. The van der Waals surface area contributed by atoms with Crippen molar-refractivity contribution in [2.24, 2.45) is 5.11 Å². The Hall–Kier alpha value is -2.16. The lowest BCUT2D eigenvalue weighted by Gasteiger charge is -2.22. The zero-order valence-corrected chi connectivity index (χ0v) is 15.5. The minimum atomic E-state index is -1.13. The van der Waals surface area contributed by atoms with E-state index < -0.39 is 23.8 Å². The van der Waals surface area contributed by atoms with E-state index in [1.54, 1.807) is 33.7 Å². The summed E-state index contributed by atoms with van der Waals surface area (Å²) in [5.74, 6) is -1.10. The molecule has 1 aromatic carbocycles. The highest BCUT2D eigenvalue weighted by Crippen LogP contribution is 2.33. The molecule has 0 spiro atoms. The van der Waals surface area contributed by atoms with Gasteiger partial charge in [-0.15, -0.1) is 0 Å². The molecule has 1 aliphatic rings. The van der Waals surface area contributed by atoms with Gasteiger partial charge in [0, 0.05) is 34.1 Å². The number of carbonyl (C=O) groups is 3. The van der Waals surface area contributed by atoms with Crippen LogP contribution in [0.1, 0.15) is 32.1 Å². The van der Waals surface area contributed by atoms with Crippen LogP contribution in [0.3, 0.4) is 0 Å². The lowest BCUT2D eigenvalue weighted by Crippen LogP contribution is -2.44. The van der Waals surface area contributed by atoms with Gasteiger partial charge in [-0.2, -0.15) is 0 Å². The molecule has 10 heteroatoms. The van der Waals surface area contributed by atoms with E-state index in [1.165, 1.54) is 0 Å². The average Bonchev–Trinajstić information content (AvgIpc) is 2.94. The maximum atomic E-state index is 11.7. The number of hydrogen-bond donors (Lipinski definition) is 1. The third kappa shape index (κ3) is 5.69. The number of rotatable bonds is 10. The van der Waals surface area contributed by atoms with Crippen molar-refractivity contribution in [1.29, 1.82) is 0 Å². The summed E-state index contributed by atoms with van der Waals surface area (Å²) >= 11 is 0. The zero-order chi connectivity index (χ0) is 18.9. The number of hydrogen-bond acceptors (Lipinski definition) is 6. The predicted octanol–water partition coefficient (Wildman–Crippen LogP) is 4.14. The van der Waals surface area contributed by atoms with Gasteiger partial charge in [0.1, 0.15) is 6.04 Å². The standard InChI is InChI=1S/C16H18N4O4S2/c17-19-18-11-4-6-12(7-5-11)26-25-10-2-1-3-13(16(23)24)20-14(21)8-9-15(20)22/h4-7,13H,1-3,8-10H2,(H,23,24). The fourth-order valence-electron chi connectivity index (χ4n) is 2.53. The number of unbranched alkanes of at least 4 members (excludes halogenated alkanes) is 1. The zero-order valence-electron chi connectivity index (χ0n) is 13.9. The lowest BCUT2D eigenvalue weighted by molar-refractivity contribution is -0.154. The van der Waals surface area contributed by atoms with Crippen molar-refractivity contribution in [3.8, 4) is 0 Å². The molecule has 1 atom stereocenters. The molecule has 0 aliphatic carbocycles. The Morgan fingerprint density at radius 2 is 1.88 bits per heavy atom. The molecule has 0 radical (unpaired) electrons. The monoisotopic (exact) mass is 394 g/mol. The fourth-order valence-corrected chi connectivity index (χ4v) is 4.67. The highest BCUT2D eigenvalue weighted by Gasteiger charge is 2.38. The number of carboxylic acid groups (broad SMARTS) is 1. The van der Waals surface area contributed by atoms with Crippen molar-refractivity contribution in [1.82, 2.24) is 4.90 Å². The number of likely N-dealkylation sites (tertiary alicyclic amines) is 1. The summed E-state index contributed by atoms with van der Waals surface area (Å²) in [4.78, 5) is 39.4. The summed E-state index contributed by atoms with van der Waals surface area (Å²) in [5.41, 5.74) is 8.92. The first-order valence-corrected chi connectivity index (χ1v) is 10.4. The number of imide groups is 1. The summed E-state index contributed by atoms with van der Waals surface area (Å²) in [5, 5.41) is 12.8. The van der Waals surface area contributed by atoms with Crippen LogP contribution in [-0.4, -0.2) is 39.6 Å². The van der Waals surface area contributed by atoms with Gasteiger partial charge in [-0.25, -0.2) is 4.79 Å². The predicted molar refractivity (Wildman–Crippen MR) is 99.9 cm³/mol. The van der Waals surface area contributed by atoms with E-state index in [-0.39, 0.29) is 19.3 Å². The van der Waals surface area contributed by atoms with E-state index in [2.05, 4.69) is 10.0 Å². The number of aliphatic carboxylic acids is 1. The van der Waals surface area contributed by atoms with Crippen molar-refractivity contribution in [2.45, 2.75) is 43.0 Å². The van der Waals surface area contributed by atoms with E-state index in [1.807, 2.05) is 12.1 Å². The highest BCUT2D eigenvalue weighted by molar-refractivity contribution is 8.76. The molecule has 1 aromatic rings. The second-order valence-electron chi connectivity index (χ2n) is 5.60. The Morgan fingerprint density at radius 3 is 2.46 bits per heavy atom. The van der Waals surface area contributed by atoms with Crippen molar-refractivity contribution in [3.63, 3.8) is 0 Å². The number of carboxylic acids is 1. The normalized spacial score (nSPS) is 15.0. The molecule has 1 fully saturated rings. The molecule has 2 rings (SSSR count). The van der Waals surface area contributed by atoms with Gasteiger partial charge in [0.2, 0.25) is 11.8 Å². The topological polar surface area (TPSA) is 123 Å². The van der Waals surface area contributed by atoms with Gasteiger partial charge in [-0.3, -0.25) is 14.5 Å². The van der Waals surface area contributed by atoms with Gasteiger partial charge < -0.3 is 5.11 Å². The summed E-state index contributed by atoms with van der Waals surface area (Å²) < 4.78 is 0. The van der Waals surface area contributed by atoms with E-state index in [0.717, 1.165) is 22.0 Å². The quantitative estimate of drug-likeness (QED) is 0.159. The fraction of sp³-hybridized carbons (Fsp3) is 0.438. The van der Waals surface area contributed by atoms with Crippen LogP contribution in [0.2, 0.25) is 0 Å². The molecule has 0 aromatic heterocycles. The minimum Gasteiger partial charge on any atom is -0.480 e. The molecule has 1 aliphatic heterocycles. The molecular weight excluding hydrogens is 376 g/mol. The first-order valence-electron chi connectivity index (χ1n) is 8.05. The molecule has 1 N–H and O–H groups in total.